The first-order valence-electron chi connectivity index (χ1n) is 9.30. The largest absolute Gasteiger partial charge is 0.345 e. The highest BCUT2D eigenvalue weighted by Gasteiger charge is 2.25. The number of hydrogen-bond donors (Lipinski definition) is 1. The zero-order chi connectivity index (χ0) is 20.3. The monoisotopic (exact) mass is 411 g/mol. The summed E-state index contributed by atoms with van der Waals surface area (Å²) in [7, 11) is 0.181. The van der Waals surface area contributed by atoms with E-state index in [0.717, 1.165) is 6.54 Å². The second-order valence-corrected chi connectivity index (χ2v) is 9.12. The molecule has 1 aliphatic heterocycles. The lowest BCUT2D eigenvalue weighted by Crippen LogP contribution is -2.36. The molecule has 1 aromatic heterocycles. The Bertz CT molecular complexity index is 983. The van der Waals surface area contributed by atoms with Gasteiger partial charge in [0.25, 0.3) is 0 Å². The van der Waals surface area contributed by atoms with Gasteiger partial charge in [-0.3, -0.25) is 4.57 Å². The summed E-state index contributed by atoms with van der Waals surface area (Å²) < 4.78 is 44.4. The number of rotatable bonds is 7. The molecule has 0 aliphatic carbocycles. The lowest BCUT2D eigenvalue weighted by atomic mass is 10.1. The smallest absolute Gasteiger partial charge is 0.308 e. The Morgan fingerprint density at radius 2 is 2.04 bits per heavy atom. The first-order valence-corrected chi connectivity index (χ1v) is 10.9. The number of nitrogens with one attached hydrogen (secondary N) is 1. The number of aryl methyl sites for hydroxylation is 1. The highest BCUT2D eigenvalue weighted by atomic mass is 32.2. The van der Waals surface area contributed by atoms with Crippen LogP contribution in [0.5, 0.6) is 0 Å². The van der Waals surface area contributed by atoms with Gasteiger partial charge in [0.1, 0.15) is 11.6 Å². The molecule has 1 N–H and O–H groups in total. The van der Waals surface area contributed by atoms with E-state index in [1.807, 2.05) is 19.0 Å². The molecule has 8 nitrogen and oxygen atoms in total. The van der Waals surface area contributed by atoms with Gasteiger partial charge in [-0.1, -0.05) is 18.2 Å². The van der Waals surface area contributed by atoms with Gasteiger partial charge < -0.3 is 4.90 Å². The molecule has 1 aromatic carbocycles. The maximum atomic E-state index is 13.8. The third-order valence-corrected chi connectivity index (χ3v) is 6.21. The number of halogens is 1. The SMILES string of the molecule is CN(C)CCn1nc2n(c1=O)CCC(NS(=O)(=O)Cc1ccccc1F)CC2. The van der Waals surface area contributed by atoms with Crippen LogP contribution in [0, 0.1) is 5.82 Å². The number of fused-ring (bicyclic) bond motifs is 1. The van der Waals surface area contributed by atoms with Crippen molar-refractivity contribution in [3.05, 3.63) is 52.0 Å². The molecule has 3 rings (SSSR count). The van der Waals surface area contributed by atoms with Crippen LogP contribution < -0.4 is 10.4 Å². The van der Waals surface area contributed by atoms with Crippen molar-refractivity contribution in [3.63, 3.8) is 0 Å². The zero-order valence-electron chi connectivity index (χ0n) is 16.1. The Hall–Kier alpha value is -2.04. The molecule has 2 heterocycles. The van der Waals surface area contributed by atoms with Crippen molar-refractivity contribution in [2.75, 3.05) is 20.6 Å². The molecular weight excluding hydrogens is 385 g/mol. The summed E-state index contributed by atoms with van der Waals surface area (Å²) in [5.41, 5.74) is -0.0213. The van der Waals surface area contributed by atoms with Crippen molar-refractivity contribution in [2.24, 2.45) is 0 Å². The van der Waals surface area contributed by atoms with Gasteiger partial charge in [-0.05, 0) is 33.0 Å². The highest BCUT2D eigenvalue weighted by Crippen LogP contribution is 2.15. The van der Waals surface area contributed by atoms with E-state index in [9.17, 15) is 17.6 Å². The van der Waals surface area contributed by atoms with Crippen molar-refractivity contribution in [1.29, 1.82) is 0 Å². The minimum Gasteiger partial charge on any atom is -0.308 e. The molecule has 1 atom stereocenters. The van der Waals surface area contributed by atoms with Gasteiger partial charge in [0.05, 0.1) is 12.3 Å². The fraction of sp³-hybridized carbons (Fsp3) is 0.556. The second kappa shape index (κ2) is 8.54. The molecule has 0 amide bonds. The minimum atomic E-state index is -3.69. The summed E-state index contributed by atoms with van der Waals surface area (Å²) in [5, 5.41) is 4.41. The number of nitrogens with zero attached hydrogens (tertiary/aromatic N) is 4. The van der Waals surface area contributed by atoms with Crippen LogP contribution in [-0.4, -0.2) is 54.3 Å². The molecule has 1 aliphatic rings. The minimum absolute atomic E-state index is 0.139. The van der Waals surface area contributed by atoms with E-state index in [-0.39, 0.29) is 17.3 Å². The second-order valence-electron chi connectivity index (χ2n) is 7.37. The number of benzene rings is 1. The van der Waals surface area contributed by atoms with E-state index >= 15 is 0 Å². The van der Waals surface area contributed by atoms with Crippen molar-refractivity contribution >= 4 is 10.0 Å². The molecule has 0 bridgehead atoms. The van der Waals surface area contributed by atoms with E-state index in [0.29, 0.717) is 38.2 Å². The lowest BCUT2D eigenvalue weighted by Gasteiger charge is -2.16. The standard InChI is InChI=1S/C18H26FN5O3S/c1-22(2)11-12-24-18(25)23-10-9-15(7-8-17(23)20-24)21-28(26,27)13-14-5-3-4-6-16(14)19/h3-6,15,21H,7-13H2,1-2H3. The Kier molecular flexibility index (Phi) is 6.31. The number of hydrogen-bond acceptors (Lipinski definition) is 5. The van der Waals surface area contributed by atoms with Crippen molar-refractivity contribution in [3.8, 4) is 0 Å². The maximum absolute atomic E-state index is 13.8. The molecule has 1 unspecified atom stereocenters. The molecule has 2 aromatic rings. The molecule has 0 radical (unpaired) electrons. The van der Waals surface area contributed by atoms with E-state index < -0.39 is 21.6 Å². The highest BCUT2D eigenvalue weighted by molar-refractivity contribution is 7.88. The lowest BCUT2D eigenvalue weighted by molar-refractivity contribution is 0.367. The number of aromatic nitrogens is 3. The molecule has 0 fully saturated rings. The van der Waals surface area contributed by atoms with Crippen LogP contribution in [0.4, 0.5) is 4.39 Å². The number of sulfonamides is 1. The zero-order valence-corrected chi connectivity index (χ0v) is 17.0. The van der Waals surface area contributed by atoms with Crippen LogP contribution in [0.1, 0.15) is 24.2 Å². The normalized spacial score (nSPS) is 17.5. The molecule has 28 heavy (non-hydrogen) atoms. The molecule has 10 heteroatoms. The van der Waals surface area contributed by atoms with Gasteiger partial charge in [-0.25, -0.2) is 27.0 Å². The van der Waals surface area contributed by atoms with Crippen LogP contribution in [0.3, 0.4) is 0 Å². The predicted octanol–water partition coefficient (Wildman–Crippen LogP) is 0.570. The maximum Gasteiger partial charge on any atom is 0.345 e. The summed E-state index contributed by atoms with van der Waals surface area (Å²) in [4.78, 5) is 14.5. The summed E-state index contributed by atoms with van der Waals surface area (Å²) >= 11 is 0. The molecule has 0 saturated heterocycles. The summed E-state index contributed by atoms with van der Waals surface area (Å²) in [6.45, 7) is 1.64. The average molecular weight is 412 g/mol. The molecule has 154 valence electrons. The van der Waals surface area contributed by atoms with Crippen LogP contribution in [-0.2, 0) is 35.3 Å². The first-order chi connectivity index (χ1) is 13.2. The van der Waals surface area contributed by atoms with E-state index in [1.165, 1.54) is 22.9 Å². The van der Waals surface area contributed by atoms with Crippen LogP contribution >= 0.6 is 0 Å². The van der Waals surface area contributed by atoms with E-state index in [2.05, 4.69) is 9.82 Å². The van der Waals surface area contributed by atoms with Crippen LogP contribution in [0.25, 0.3) is 0 Å². The van der Waals surface area contributed by atoms with Crippen LogP contribution in [0.2, 0.25) is 0 Å². The van der Waals surface area contributed by atoms with Gasteiger partial charge in [0.2, 0.25) is 10.0 Å². The molecule has 0 saturated carbocycles. The Balaban J connectivity index is 1.64. The summed E-state index contributed by atoms with van der Waals surface area (Å²) in [6.07, 6.45) is 1.54. The fourth-order valence-corrected chi connectivity index (χ4v) is 4.77. The van der Waals surface area contributed by atoms with Crippen molar-refractivity contribution in [2.45, 2.75) is 44.1 Å². The van der Waals surface area contributed by atoms with Gasteiger partial charge in [0, 0.05) is 31.1 Å². The summed E-state index contributed by atoms with van der Waals surface area (Å²) in [6, 6.07) is 5.54. The fourth-order valence-electron chi connectivity index (χ4n) is 3.30. The molecular formula is C18H26FN5O3S. The Morgan fingerprint density at radius 3 is 2.75 bits per heavy atom. The summed E-state index contributed by atoms with van der Waals surface area (Å²) in [5.74, 6) is -0.260. The Morgan fingerprint density at radius 1 is 1.29 bits per heavy atom. The predicted molar refractivity (Wildman–Crippen MR) is 104 cm³/mol. The topological polar surface area (TPSA) is 89.2 Å². The van der Waals surface area contributed by atoms with E-state index in [1.54, 1.807) is 10.6 Å². The third-order valence-electron chi connectivity index (χ3n) is 4.83. The molecule has 0 spiro atoms. The Labute approximate surface area is 164 Å². The average Bonchev–Trinajstić information content (AvgIpc) is 2.78. The van der Waals surface area contributed by atoms with Gasteiger partial charge in [0.15, 0.2) is 0 Å². The van der Waals surface area contributed by atoms with Crippen LogP contribution in [0.15, 0.2) is 29.1 Å². The van der Waals surface area contributed by atoms with Gasteiger partial charge >= 0.3 is 5.69 Å². The van der Waals surface area contributed by atoms with Gasteiger partial charge in [-0.15, -0.1) is 0 Å². The van der Waals surface area contributed by atoms with Crippen molar-refractivity contribution in [1.82, 2.24) is 24.0 Å². The number of likely N-dealkylation sites (N-methyl/N-ethyl adjacent to an activating group) is 1. The van der Waals surface area contributed by atoms with E-state index in [4.69, 9.17) is 0 Å². The van der Waals surface area contributed by atoms with Gasteiger partial charge in [-0.2, -0.15) is 5.10 Å². The third kappa shape index (κ3) is 5.06. The first kappa shape index (κ1) is 20.7. The van der Waals surface area contributed by atoms with Crippen molar-refractivity contribution < 1.29 is 12.8 Å². The quantitative estimate of drug-likeness (QED) is 0.720.